The Balaban J connectivity index is 1.91. The third-order valence-electron chi connectivity index (χ3n) is 4.24. The number of carbonyl (C=O) groups is 2. The Hall–Kier alpha value is -2.96. The Morgan fingerprint density at radius 2 is 1.88 bits per heavy atom. The van der Waals surface area contributed by atoms with Gasteiger partial charge in [-0.1, -0.05) is 0 Å². The van der Waals surface area contributed by atoms with E-state index in [4.69, 9.17) is 5.73 Å². The molecule has 1 aromatic heterocycles. The molecule has 3 rings (SSSR count). The summed E-state index contributed by atoms with van der Waals surface area (Å²) in [7, 11) is 0. The zero-order chi connectivity index (χ0) is 17.8. The lowest BCUT2D eigenvalue weighted by molar-refractivity contribution is 0.0995. The lowest BCUT2D eigenvalue weighted by Crippen LogP contribution is -2.30. The first-order valence-corrected chi connectivity index (χ1v) is 8.33. The highest BCUT2D eigenvalue weighted by Gasteiger charge is 2.18. The normalized spacial score (nSPS) is 14.2. The van der Waals surface area contributed by atoms with Gasteiger partial charge in [0, 0.05) is 24.8 Å². The van der Waals surface area contributed by atoms with Crippen molar-refractivity contribution in [1.82, 2.24) is 9.97 Å². The predicted molar refractivity (Wildman–Crippen MR) is 95.7 cm³/mol. The fourth-order valence-electron chi connectivity index (χ4n) is 2.90. The minimum atomic E-state index is -0.532. The number of nitrogens with one attached hydrogen (secondary N) is 1. The van der Waals surface area contributed by atoms with Gasteiger partial charge < -0.3 is 16.0 Å². The van der Waals surface area contributed by atoms with E-state index in [0.29, 0.717) is 11.3 Å². The topological polar surface area (TPSA) is 101 Å². The number of rotatable bonds is 4. The van der Waals surface area contributed by atoms with Crippen molar-refractivity contribution in [2.24, 2.45) is 5.73 Å². The summed E-state index contributed by atoms with van der Waals surface area (Å²) in [5.74, 6) is -0.900. The summed E-state index contributed by atoms with van der Waals surface area (Å²) in [5.41, 5.74) is 8.14. The second kappa shape index (κ2) is 7.29. The number of aromatic nitrogens is 2. The average Bonchev–Trinajstić information content (AvgIpc) is 2.63. The van der Waals surface area contributed by atoms with Crippen LogP contribution in [0.4, 0.5) is 11.4 Å². The highest BCUT2D eigenvalue weighted by molar-refractivity contribution is 6.05. The van der Waals surface area contributed by atoms with Crippen LogP contribution in [0.1, 0.15) is 45.8 Å². The number of primary amides is 1. The van der Waals surface area contributed by atoms with E-state index in [1.54, 1.807) is 25.3 Å². The van der Waals surface area contributed by atoms with Crippen LogP contribution in [0.25, 0.3) is 0 Å². The highest BCUT2D eigenvalue weighted by atomic mass is 16.2. The fourth-order valence-corrected chi connectivity index (χ4v) is 2.90. The van der Waals surface area contributed by atoms with Crippen LogP contribution in [0.15, 0.2) is 30.6 Å². The highest BCUT2D eigenvalue weighted by Crippen LogP contribution is 2.30. The first-order valence-electron chi connectivity index (χ1n) is 8.33. The summed E-state index contributed by atoms with van der Waals surface area (Å²) < 4.78 is 0. The van der Waals surface area contributed by atoms with Crippen molar-refractivity contribution in [3.8, 4) is 0 Å². The molecule has 2 aromatic rings. The molecule has 0 radical (unpaired) electrons. The molecule has 7 nitrogen and oxygen atoms in total. The van der Waals surface area contributed by atoms with Crippen LogP contribution in [0.2, 0.25) is 0 Å². The van der Waals surface area contributed by atoms with Gasteiger partial charge >= 0.3 is 0 Å². The Bertz CT molecular complexity index is 783. The molecule has 25 heavy (non-hydrogen) atoms. The molecular formula is C18H21N5O2. The van der Waals surface area contributed by atoms with E-state index >= 15 is 0 Å². The van der Waals surface area contributed by atoms with Gasteiger partial charge in [0.25, 0.3) is 5.91 Å². The van der Waals surface area contributed by atoms with Crippen molar-refractivity contribution >= 4 is 23.2 Å². The van der Waals surface area contributed by atoms with Crippen molar-refractivity contribution in [3.05, 3.63) is 47.5 Å². The fraction of sp³-hybridized carbons (Fsp3) is 0.333. The summed E-state index contributed by atoms with van der Waals surface area (Å²) in [6, 6.07) is 5.14. The van der Waals surface area contributed by atoms with Crippen LogP contribution in [-0.4, -0.2) is 34.9 Å². The third kappa shape index (κ3) is 3.93. The van der Waals surface area contributed by atoms with Gasteiger partial charge in [0.1, 0.15) is 5.69 Å². The Morgan fingerprint density at radius 1 is 1.12 bits per heavy atom. The van der Waals surface area contributed by atoms with Gasteiger partial charge in [0.15, 0.2) is 0 Å². The number of anilines is 2. The molecule has 2 amide bonds. The molecule has 0 atom stereocenters. The summed E-state index contributed by atoms with van der Waals surface area (Å²) >= 11 is 0. The second-order valence-corrected chi connectivity index (χ2v) is 6.14. The van der Waals surface area contributed by atoms with Gasteiger partial charge in [-0.05, 0) is 44.4 Å². The smallest absolute Gasteiger partial charge is 0.275 e. The van der Waals surface area contributed by atoms with Gasteiger partial charge in [-0.15, -0.1) is 0 Å². The molecule has 0 aliphatic carbocycles. The van der Waals surface area contributed by atoms with Gasteiger partial charge in [0.05, 0.1) is 23.3 Å². The van der Waals surface area contributed by atoms with Crippen LogP contribution in [0, 0.1) is 6.92 Å². The van der Waals surface area contributed by atoms with Crippen molar-refractivity contribution in [2.45, 2.75) is 26.2 Å². The number of benzene rings is 1. The number of amides is 2. The third-order valence-corrected chi connectivity index (χ3v) is 4.24. The molecule has 0 spiro atoms. The quantitative estimate of drug-likeness (QED) is 0.888. The molecule has 1 aliphatic heterocycles. The average molecular weight is 339 g/mol. The van der Waals surface area contributed by atoms with Crippen LogP contribution in [0.3, 0.4) is 0 Å². The van der Waals surface area contributed by atoms with Crippen molar-refractivity contribution in [3.63, 3.8) is 0 Å². The lowest BCUT2D eigenvalue weighted by Gasteiger charge is -2.30. The Kier molecular flexibility index (Phi) is 4.92. The first kappa shape index (κ1) is 16.9. The summed E-state index contributed by atoms with van der Waals surface area (Å²) in [5, 5.41) is 2.85. The standard InChI is InChI=1S/C18H21N5O2/c1-12-10-21-15(11-20-12)18(25)22-14-9-13(17(19)24)5-6-16(14)23-7-3-2-4-8-23/h5-6,9-11H,2-4,7-8H2,1H3,(H2,19,24)(H,22,25). The molecular weight excluding hydrogens is 318 g/mol. The van der Waals surface area contributed by atoms with E-state index in [2.05, 4.69) is 20.2 Å². The monoisotopic (exact) mass is 339 g/mol. The number of carbonyl (C=O) groups excluding carboxylic acids is 2. The summed E-state index contributed by atoms with van der Waals surface area (Å²) in [6.07, 6.45) is 6.39. The molecule has 2 heterocycles. The summed E-state index contributed by atoms with van der Waals surface area (Å²) in [6.45, 7) is 3.64. The number of nitrogens with two attached hydrogens (primary N) is 1. The van der Waals surface area contributed by atoms with E-state index in [1.807, 2.05) is 6.07 Å². The number of aryl methyl sites for hydroxylation is 1. The first-order chi connectivity index (χ1) is 12.0. The molecule has 3 N–H and O–H groups in total. The number of hydrogen-bond donors (Lipinski definition) is 2. The van der Waals surface area contributed by atoms with Crippen molar-refractivity contribution < 1.29 is 9.59 Å². The lowest BCUT2D eigenvalue weighted by atomic mass is 10.1. The van der Waals surface area contributed by atoms with E-state index in [0.717, 1.165) is 37.3 Å². The van der Waals surface area contributed by atoms with Crippen LogP contribution in [0.5, 0.6) is 0 Å². The predicted octanol–water partition coefficient (Wildman–Crippen LogP) is 2.13. The number of nitrogens with zero attached hydrogens (tertiary/aromatic N) is 3. The maximum absolute atomic E-state index is 12.5. The van der Waals surface area contributed by atoms with Gasteiger partial charge in [0.2, 0.25) is 5.91 Å². The molecule has 1 aliphatic rings. The minimum Gasteiger partial charge on any atom is -0.370 e. The zero-order valence-electron chi connectivity index (χ0n) is 14.2. The van der Waals surface area contributed by atoms with E-state index in [1.165, 1.54) is 12.6 Å². The molecule has 0 saturated carbocycles. The second-order valence-electron chi connectivity index (χ2n) is 6.14. The van der Waals surface area contributed by atoms with Gasteiger partial charge in [-0.2, -0.15) is 0 Å². The van der Waals surface area contributed by atoms with E-state index in [-0.39, 0.29) is 11.6 Å². The number of hydrogen-bond acceptors (Lipinski definition) is 5. The maximum atomic E-state index is 12.5. The zero-order valence-corrected chi connectivity index (χ0v) is 14.2. The SMILES string of the molecule is Cc1cnc(C(=O)Nc2cc(C(N)=O)ccc2N2CCCCC2)cn1. The van der Waals surface area contributed by atoms with Crippen LogP contribution < -0.4 is 16.0 Å². The Labute approximate surface area is 146 Å². The van der Waals surface area contributed by atoms with Gasteiger partial charge in [-0.3, -0.25) is 14.6 Å². The molecule has 130 valence electrons. The van der Waals surface area contributed by atoms with Crippen LogP contribution >= 0.6 is 0 Å². The maximum Gasteiger partial charge on any atom is 0.275 e. The van der Waals surface area contributed by atoms with Crippen LogP contribution in [-0.2, 0) is 0 Å². The van der Waals surface area contributed by atoms with E-state index < -0.39 is 5.91 Å². The molecule has 1 fully saturated rings. The Morgan fingerprint density at radius 3 is 2.52 bits per heavy atom. The van der Waals surface area contributed by atoms with E-state index in [9.17, 15) is 9.59 Å². The largest absolute Gasteiger partial charge is 0.370 e. The van der Waals surface area contributed by atoms with Gasteiger partial charge in [-0.25, -0.2) is 4.98 Å². The summed E-state index contributed by atoms with van der Waals surface area (Å²) in [4.78, 5) is 34.4. The molecule has 0 bridgehead atoms. The molecule has 1 aromatic carbocycles. The van der Waals surface area contributed by atoms with Crippen molar-refractivity contribution in [1.29, 1.82) is 0 Å². The minimum absolute atomic E-state index is 0.222. The molecule has 7 heteroatoms. The molecule has 1 saturated heterocycles. The van der Waals surface area contributed by atoms with Crippen molar-refractivity contribution in [2.75, 3.05) is 23.3 Å². The molecule has 0 unspecified atom stereocenters. The number of piperidine rings is 1.